The third-order valence-corrected chi connectivity index (χ3v) is 2.77. The summed E-state index contributed by atoms with van der Waals surface area (Å²) in [6.07, 6.45) is -0.621. The van der Waals surface area contributed by atoms with Gasteiger partial charge in [-0.05, 0) is 24.0 Å². The summed E-state index contributed by atoms with van der Waals surface area (Å²) in [7, 11) is 1.26. The van der Waals surface area contributed by atoms with Crippen molar-refractivity contribution in [2.45, 2.75) is 26.7 Å². The van der Waals surface area contributed by atoms with Crippen LogP contribution in [-0.2, 0) is 9.53 Å². The summed E-state index contributed by atoms with van der Waals surface area (Å²) in [4.78, 5) is 22.7. The van der Waals surface area contributed by atoms with E-state index in [1.54, 1.807) is 0 Å². The molecule has 0 aromatic heterocycles. The number of hydrogen-bond donors (Lipinski definition) is 2. The Labute approximate surface area is 113 Å². The van der Waals surface area contributed by atoms with E-state index in [2.05, 4.69) is 29.2 Å². The summed E-state index contributed by atoms with van der Waals surface area (Å²) < 4.78 is 4.41. The molecule has 1 aromatic rings. The number of alkyl carbamates (subject to hydrolysis) is 1. The predicted octanol–water partition coefficient (Wildman–Crippen LogP) is 2.41. The molecular formula is C14H20N2O3. The van der Waals surface area contributed by atoms with E-state index in [1.165, 1.54) is 7.11 Å². The number of ether oxygens (including phenoxy) is 1. The van der Waals surface area contributed by atoms with Gasteiger partial charge in [0, 0.05) is 5.69 Å². The highest BCUT2D eigenvalue weighted by atomic mass is 16.5. The number of carbonyl (C=O) groups excluding carboxylic acids is 2. The second-order valence-electron chi connectivity index (χ2n) is 4.59. The first kappa shape index (κ1) is 15.0. The standard InChI is InChI=1S/C14H20N2O3/c1-9(2)11-7-5-6-10(3)13(11)16-12(17)8-15-14(18)19-4/h5-7,9H,8H2,1-4H3,(H,15,18)(H,16,17). The van der Waals surface area contributed by atoms with Crippen LogP contribution in [0.3, 0.4) is 0 Å². The van der Waals surface area contributed by atoms with Crippen LogP contribution in [0.1, 0.15) is 30.9 Å². The Hall–Kier alpha value is -2.04. The smallest absolute Gasteiger partial charge is 0.407 e. The fourth-order valence-corrected chi connectivity index (χ4v) is 1.75. The molecule has 0 atom stereocenters. The number of hydrogen-bond acceptors (Lipinski definition) is 3. The molecule has 1 aromatic carbocycles. The molecule has 0 saturated carbocycles. The summed E-state index contributed by atoms with van der Waals surface area (Å²) in [6.45, 7) is 5.96. The number of benzene rings is 1. The molecule has 0 heterocycles. The number of nitrogens with one attached hydrogen (secondary N) is 2. The molecule has 2 amide bonds. The van der Waals surface area contributed by atoms with Gasteiger partial charge < -0.3 is 15.4 Å². The van der Waals surface area contributed by atoms with Gasteiger partial charge in [-0.2, -0.15) is 0 Å². The highest BCUT2D eigenvalue weighted by Gasteiger charge is 2.12. The van der Waals surface area contributed by atoms with Gasteiger partial charge in [-0.3, -0.25) is 4.79 Å². The van der Waals surface area contributed by atoms with E-state index in [9.17, 15) is 9.59 Å². The van der Waals surface area contributed by atoms with Crippen molar-refractivity contribution in [2.24, 2.45) is 0 Å². The van der Waals surface area contributed by atoms with Crippen LogP contribution in [0.2, 0.25) is 0 Å². The number of carbonyl (C=O) groups is 2. The minimum atomic E-state index is -0.621. The maximum Gasteiger partial charge on any atom is 0.407 e. The van der Waals surface area contributed by atoms with Crippen molar-refractivity contribution in [3.63, 3.8) is 0 Å². The zero-order valence-corrected chi connectivity index (χ0v) is 11.7. The SMILES string of the molecule is COC(=O)NCC(=O)Nc1c(C)cccc1C(C)C. The molecule has 0 bridgehead atoms. The monoisotopic (exact) mass is 264 g/mol. The van der Waals surface area contributed by atoms with Crippen molar-refractivity contribution >= 4 is 17.7 Å². The van der Waals surface area contributed by atoms with Gasteiger partial charge in [-0.1, -0.05) is 32.0 Å². The average molecular weight is 264 g/mol. The minimum absolute atomic E-state index is 0.113. The van der Waals surface area contributed by atoms with E-state index in [4.69, 9.17) is 0 Å². The van der Waals surface area contributed by atoms with E-state index < -0.39 is 6.09 Å². The molecular weight excluding hydrogens is 244 g/mol. The molecule has 0 aliphatic rings. The fourth-order valence-electron chi connectivity index (χ4n) is 1.75. The molecule has 0 saturated heterocycles. The first-order chi connectivity index (χ1) is 8.95. The van der Waals surface area contributed by atoms with Crippen molar-refractivity contribution < 1.29 is 14.3 Å². The van der Waals surface area contributed by atoms with Crippen molar-refractivity contribution in [3.05, 3.63) is 29.3 Å². The highest BCUT2D eigenvalue weighted by molar-refractivity contribution is 5.95. The van der Waals surface area contributed by atoms with E-state index in [-0.39, 0.29) is 12.5 Å². The molecule has 0 radical (unpaired) electrons. The lowest BCUT2D eigenvalue weighted by atomic mass is 9.98. The van der Waals surface area contributed by atoms with Crippen LogP contribution in [0.5, 0.6) is 0 Å². The Morgan fingerprint density at radius 2 is 2.00 bits per heavy atom. The molecule has 5 nitrogen and oxygen atoms in total. The molecule has 0 fully saturated rings. The van der Waals surface area contributed by atoms with Crippen molar-refractivity contribution in [2.75, 3.05) is 19.0 Å². The Bertz CT molecular complexity index is 470. The molecule has 5 heteroatoms. The van der Waals surface area contributed by atoms with Crippen LogP contribution in [0.15, 0.2) is 18.2 Å². The molecule has 1 rings (SSSR count). The molecule has 0 spiro atoms. The lowest BCUT2D eigenvalue weighted by Gasteiger charge is -2.16. The largest absolute Gasteiger partial charge is 0.453 e. The van der Waals surface area contributed by atoms with Crippen molar-refractivity contribution in [1.29, 1.82) is 0 Å². The van der Waals surface area contributed by atoms with Crippen molar-refractivity contribution in [3.8, 4) is 0 Å². The first-order valence-electron chi connectivity index (χ1n) is 6.17. The Balaban J connectivity index is 2.76. The van der Waals surface area contributed by atoms with E-state index in [1.807, 2.05) is 25.1 Å². The van der Waals surface area contributed by atoms with E-state index in [0.717, 1.165) is 16.8 Å². The lowest BCUT2D eigenvalue weighted by molar-refractivity contribution is -0.115. The second-order valence-corrected chi connectivity index (χ2v) is 4.59. The number of para-hydroxylation sites is 1. The number of methoxy groups -OCH3 is 1. The molecule has 0 unspecified atom stereocenters. The van der Waals surface area contributed by atoms with Gasteiger partial charge in [0.2, 0.25) is 5.91 Å². The van der Waals surface area contributed by atoms with Gasteiger partial charge in [0.05, 0.1) is 7.11 Å². The number of rotatable bonds is 4. The minimum Gasteiger partial charge on any atom is -0.453 e. The zero-order valence-electron chi connectivity index (χ0n) is 11.7. The fraction of sp³-hybridized carbons (Fsp3) is 0.429. The molecule has 0 aliphatic carbocycles. The second kappa shape index (κ2) is 6.78. The van der Waals surface area contributed by atoms with Gasteiger partial charge in [0.15, 0.2) is 0 Å². The summed E-state index contributed by atoms with van der Waals surface area (Å²) in [5, 5.41) is 5.18. The molecule has 0 aliphatic heterocycles. The summed E-state index contributed by atoms with van der Waals surface area (Å²) in [5.74, 6) is 0.0327. The predicted molar refractivity (Wildman–Crippen MR) is 74.3 cm³/mol. The Morgan fingerprint density at radius 3 is 2.58 bits per heavy atom. The summed E-state index contributed by atoms with van der Waals surface area (Å²) in [6, 6.07) is 5.89. The van der Waals surface area contributed by atoms with Crippen LogP contribution in [-0.4, -0.2) is 25.7 Å². The lowest BCUT2D eigenvalue weighted by Crippen LogP contribution is -2.33. The Kier molecular flexibility index (Phi) is 5.36. The third-order valence-electron chi connectivity index (χ3n) is 2.77. The van der Waals surface area contributed by atoms with Crippen LogP contribution in [0.25, 0.3) is 0 Å². The normalized spacial score (nSPS) is 10.2. The third kappa shape index (κ3) is 4.28. The van der Waals surface area contributed by atoms with Gasteiger partial charge in [0.25, 0.3) is 0 Å². The van der Waals surface area contributed by atoms with Gasteiger partial charge in [-0.15, -0.1) is 0 Å². The quantitative estimate of drug-likeness (QED) is 0.877. The molecule has 19 heavy (non-hydrogen) atoms. The maximum absolute atomic E-state index is 11.8. The number of amides is 2. The van der Waals surface area contributed by atoms with Crippen molar-refractivity contribution in [1.82, 2.24) is 5.32 Å². The average Bonchev–Trinajstić information content (AvgIpc) is 2.38. The van der Waals surface area contributed by atoms with Crippen LogP contribution in [0, 0.1) is 6.92 Å². The maximum atomic E-state index is 11.8. The zero-order chi connectivity index (χ0) is 14.4. The van der Waals surface area contributed by atoms with E-state index in [0.29, 0.717) is 5.92 Å². The van der Waals surface area contributed by atoms with Gasteiger partial charge >= 0.3 is 6.09 Å². The highest BCUT2D eigenvalue weighted by Crippen LogP contribution is 2.27. The van der Waals surface area contributed by atoms with Gasteiger partial charge in [0.1, 0.15) is 6.54 Å². The molecule has 2 N–H and O–H groups in total. The van der Waals surface area contributed by atoms with Crippen LogP contribution >= 0.6 is 0 Å². The number of aryl methyl sites for hydroxylation is 1. The summed E-state index contributed by atoms with van der Waals surface area (Å²) in [5.41, 5.74) is 2.89. The number of anilines is 1. The first-order valence-corrected chi connectivity index (χ1v) is 6.17. The van der Waals surface area contributed by atoms with Crippen LogP contribution in [0.4, 0.5) is 10.5 Å². The Morgan fingerprint density at radius 1 is 1.32 bits per heavy atom. The van der Waals surface area contributed by atoms with Crippen LogP contribution < -0.4 is 10.6 Å². The van der Waals surface area contributed by atoms with E-state index >= 15 is 0 Å². The summed E-state index contributed by atoms with van der Waals surface area (Å²) >= 11 is 0. The topological polar surface area (TPSA) is 67.4 Å². The molecule has 104 valence electrons. The van der Waals surface area contributed by atoms with Gasteiger partial charge in [-0.25, -0.2) is 4.79 Å².